The normalized spacial score (nSPS) is 19.6. The van der Waals surface area contributed by atoms with Gasteiger partial charge in [0.2, 0.25) is 5.75 Å². The lowest BCUT2D eigenvalue weighted by atomic mass is 10.1. The van der Waals surface area contributed by atoms with E-state index in [0.29, 0.717) is 11.5 Å². The molecule has 6 nitrogen and oxygen atoms in total. The standard InChI is InChI=1S/C15H18O6/c1-8(16)20-12-7-11(12)10-5-13(18-3)15(21-9(2)17)14(6-10)19-4/h5-6,11-12H,7H2,1-4H3. The maximum absolute atomic E-state index is 11.2. The Morgan fingerprint density at radius 2 is 1.62 bits per heavy atom. The molecule has 2 rings (SSSR count). The fraction of sp³-hybridized carbons (Fsp3) is 0.467. The zero-order valence-corrected chi connectivity index (χ0v) is 12.5. The van der Waals surface area contributed by atoms with Gasteiger partial charge in [0, 0.05) is 19.8 Å². The summed E-state index contributed by atoms with van der Waals surface area (Å²) in [5.74, 6) is 0.437. The third kappa shape index (κ3) is 3.45. The molecule has 114 valence electrons. The number of rotatable bonds is 5. The van der Waals surface area contributed by atoms with E-state index in [2.05, 4.69) is 0 Å². The predicted molar refractivity (Wildman–Crippen MR) is 73.8 cm³/mol. The molecule has 0 saturated heterocycles. The van der Waals surface area contributed by atoms with Crippen molar-refractivity contribution in [3.63, 3.8) is 0 Å². The van der Waals surface area contributed by atoms with E-state index < -0.39 is 5.97 Å². The fourth-order valence-electron chi connectivity index (χ4n) is 2.22. The molecule has 1 aromatic rings. The van der Waals surface area contributed by atoms with Gasteiger partial charge in [-0.15, -0.1) is 0 Å². The molecular weight excluding hydrogens is 276 g/mol. The summed E-state index contributed by atoms with van der Waals surface area (Å²) in [7, 11) is 2.98. The molecule has 0 aliphatic heterocycles. The minimum absolute atomic E-state index is 0.114. The molecule has 1 saturated carbocycles. The highest BCUT2D eigenvalue weighted by molar-refractivity contribution is 5.72. The summed E-state index contributed by atoms with van der Waals surface area (Å²) >= 11 is 0. The molecule has 2 atom stereocenters. The molecule has 0 radical (unpaired) electrons. The predicted octanol–water partition coefficient (Wildman–Crippen LogP) is 2.05. The van der Waals surface area contributed by atoms with E-state index in [1.165, 1.54) is 28.1 Å². The molecule has 0 bridgehead atoms. The van der Waals surface area contributed by atoms with Crippen molar-refractivity contribution < 1.29 is 28.5 Å². The van der Waals surface area contributed by atoms with Gasteiger partial charge in [0.05, 0.1) is 14.2 Å². The largest absolute Gasteiger partial charge is 0.493 e. The second-order valence-electron chi connectivity index (χ2n) is 4.84. The van der Waals surface area contributed by atoms with Crippen molar-refractivity contribution in [1.29, 1.82) is 0 Å². The van der Waals surface area contributed by atoms with Gasteiger partial charge >= 0.3 is 11.9 Å². The maximum Gasteiger partial charge on any atom is 0.308 e. The summed E-state index contributed by atoms with van der Waals surface area (Å²) in [5, 5.41) is 0. The van der Waals surface area contributed by atoms with Crippen LogP contribution >= 0.6 is 0 Å². The van der Waals surface area contributed by atoms with Crippen LogP contribution in [0, 0.1) is 0 Å². The Kier molecular flexibility index (Phi) is 4.35. The van der Waals surface area contributed by atoms with Crippen LogP contribution in [0.15, 0.2) is 12.1 Å². The summed E-state index contributed by atoms with van der Waals surface area (Å²) in [6.07, 6.45) is 0.648. The number of carbonyl (C=O) groups excluding carboxylic acids is 2. The quantitative estimate of drug-likeness (QED) is 0.611. The van der Waals surface area contributed by atoms with E-state index >= 15 is 0 Å². The SMILES string of the molecule is COc1cc(C2CC2OC(C)=O)cc(OC)c1OC(C)=O. The Morgan fingerprint density at radius 3 is 2.05 bits per heavy atom. The lowest BCUT2D eigenvalue weighted by Crippen LogP contribution is -2.06. The third-order valence-corrected chi connectivity index (χ3v) is 3.21. The first-order valence-electron chi connectivity index (χ1n) is 6.57. The van der Waals surface area contributed by atoms with Gasteiger partial charge in [0.25, 0.3) is 0 Å². The highest BCUT2D eigenvalue weighted by atomic mass is 16.6. The molecule has 0 spiro atoms. The Balaban J connectivity index is 2.29. The van der Waals surface area contributed by atoms with Crippen LogP contribution in [0.1, 0.15) is 31.7 Å². The van der Waals surface area contributed by atoms with Gasteiger partial charge in [-0.3, -0.25) is 9.59 Å². The van der Waals surface area contributed by atoms with Crippen molar-refractivity contribution in [2.24, 2.45) is 0 Å². The van der Waals surface area contributed by atoms with Crippen LogP contribution < -0.4 is 14.2 Å². The number of hydrogen-bond acceptors (Lipinski definition) is 6. The van der Waals surface area contributed by atoms with Crippen LogP contribution in [0.3, 0.4) is 0 Å². The first-order valence-corrected chi connectivity index (χ1v) is 6.57. The molecular formula is C15H18O6. The summed E-state index contributed by atoms with van der Waals surface area (Å²) in [4.78, 5) is 22.1. The molecule has 1 aromatic carbocycles. The lowest BCUT2D eigenvalue weighted by molar-refractivity contribution is -0.142. The summed E-state index contributed by atoms with van der Waals surface area (Å²) in [6.45, 7) is 2.70. The van der Waals surface area contributed by atoms with Gasteiger partial charge in [0.1, 0.15) is 6.10 Å². The van der Waals surface area contributed by atoms with E-state index in [-0.39, 0.29) is 23.7 Å². The van der Waals surface area contributed by atoms with E-state index in [9.17, 15) is 9.59 Å². The summed E-state index contributed by atoms with van der Waals surface area (Å²) in [6, 6.07) is 3.55. The van der Waals surface area contributed by atoms with E-state index in [4.69, 9.17) is 18.9 Å². The minimum Gasteiger partial charge on any atom is -0.493 e. The van der Waals surface area contributed by atoms with Crippen molar-refractivity contribution in [3.8, 4) is 17.2 Å². The Morgan fingerprint density at radius 1 is 1.05 bits per heavy atom. The first-order chi connectivity index (χ1) is 9.96. The maximum atomic E-state index is 11.2. The Bertz CT molecular complexity index is 540. The molecule has 0 heterocycles. The molecule has 1 aliphatic carbocycles. The topological polar surface area (TPSA) is 71.1 Å². The zero-order chi connectivity index (χ0) is 15.6. The Hall–Kier alpha value is -2.24. The number of carbonyl (C=O) groups is 2. The van der Waals surface area contributed by atoms with E-state index in [1.54, 1.807) is 12.1 Å². The molecule has 6 heteroatoms. The monoisotopic (exact) mass is 294 g/mol. The van der Waals surface area contributed by atoms with E-state index in [0.717, 1.165) is 12.0 Å². The summed E-state index contributed by atoms with van der Waals surface area (Å²) < 4.78 is 20.8. The number of methoxy groups -OCH3 is 2. The average Bonchev–Trinajstić information content (AvgIpc) is 3.16. The van der Waals surface area contributed by atoms with Crippen molar-refractivity contribution in [3.05, 3.63) is 17.7 Å². The van der Waals surface area contributed by atoms with Crippen molar-refractivity contribution >= 4 is 11.9 Å². The van der Waals surface area contributed by atoms with Gasteiger partial charge in [-0.1, -0.05) is 0 Å². The molecule has 1 fully saturated rings. The first kappa shape index (κ1) is 15.2. The van der Waals surface area contributed by atoms with Crippen LogP contribution in [-0.4, -0.2) is 32.3 Å². The van der Waals surface area contributed by atoms with Gasteiger partial charge < -0.3 is 18.9 Å². The van der Waals surface area contributed by atoms with Crippen LogP contribution in [0.2, 0.25) is 0 Å². The van der Waals surface area contributed by atoms with Crippen molar-refractivity contribution in [1.82, 2.24) is 0 Å². The third-order valence-electron chi connectivity index (χ3n) is 3.21. The molecule has 21 heavy (non-hydrogen) atoms. The second kappa shape index (κ2) is 6.03. The number of benzene rings is 1. The van der Waals surface area contributed by atoms with Crippen LogP contribution in [-0.2, 0) is 14.3 Å². The van der Waals surface area contributed by atoms with Gasteiger partial charge in [-0.25, -0.2) is 0 Å². The highest BCUT2D eigenvalue weighted by Gasteiger charge is 2.42. The molecule has 1 aliphatic rings. The number of hydrogen-bond donors (Lipinski definition) is 0. The molecule has 0 N–H and O–H groups in total. The second-order valence-corrected chi connectivity index (χ2v) is 4.84. The highest BCUT2D eigenvalue weighted by Crippen LogP contribution is 2.48. The van der Waals surface area contributed by atoms with Gasteiger partial charge in [0.15, 0.2) is 11.5 Å². The van der Waals surface area contributed by atoms with Crippen molar-refractivity contribution in [2.75, 3.05) is 14.2 Å². The Labute approximate surface area is 122 Å². The summed E-state index contributed by atoms with van der Waals surface area (Å²) in [5.41, 5.74) is 0.922. The van der Waals surface area contributed by atoms with Gasteiger partial charge in [-0.2, -0.15) is 0 Å². The minimum atomic E-state index is -0.455. The van der Waals surface area contributed by atoms with Crippen LogP contribution in [0.4, 0.5) is 0 Å². The molecule has 2 unspecified atom stereocenters. The smallest absolute Gasteiger partial charge is 0.308 e. The average molecular weight is 294 g/mol. The number of ether oxygens (including phenoxy) is 4. The zero-order valence-electron chi connectivity index (χ0n) is 12.5. The van der Waals surface area contributed by atoms with Crippen LogP contribution in [0.5, 0.6) is 17.2 Å². The molecule has 0 amide bonds. The fourth-order valence-corrected chi connectivity index (χ4v) is 2.22. The van der Waals surface area contributed by atoms with Crippen molar-refractivity contribution in [2.45, 2.75) is 32.3 Å². The van der Waals surface area contributed by atoms with E-state index in [1.807, 2.05) is 0 Å². The van der Waals surface area contributed by atoms with Crippen LogP contribution in [0.25, 0.3) is 0 Å². The number of esters is 2. The molecule has 0 aromatic heterocycles. The van der Waals surface area contributed by atoms with Gasteiger partial charge in [-0.05, 0) is 24.1 Å². The lowest BCUT2D eigenvalue weighted by Gasteiger charge is -2.14.